The number of hydrogen-bond donors (Lipinski definition) is 1. The monoisotopic (exact) mass is 709 g/mol. The molecule has 5 aromatic rings. The summed E-state index contributed by atoms with van der Waals surface area (Å²) >= 11 is 12.7. The Kier molecular flexibility index (Phi) is 7.98. The predicted molar refractivity (Wildman–Crippen MR) is 189 cm³/mol. The molecule has 7 rings (SSSR count). The standard InChI is InChI=1S/C35H38Cl2N8O4/c1-3-24(2)45-34(46)40-33(41-45)25-4-7-27(8-5-25)42-14-16-43(17-15-42)28-9-11-29(12-10-28)47-19-30-20-48-35(49-30,21-44-23-38-22-39-44)31-13-6-26(36)18-32(31)37/h4-13,18,22-24,30H,3,14-17,19-21H2,1-2H3,(H,40,41,46)/i1D3,3D2. The minimum atomic E-state index is -2.92. The van der Waals surface area contributed by atoms with Crippen LogP contribution in [-0.2, 0) is 21.8 Å². The number of nitrogens with one attached hydrogen (secondary N) is 1. The van der Waals surface area contributed by atoms with Gasteiger partial charge in [-0.3, -0.25) is 4.98 Å². The van der Waals surface area contributed by atoms with Gasteiger partial charge in [0.25, 0.3) is 0 Å². The topological polar surface area (TPSA) is 116 Å². The molecule has 0 radical (unpaired) electrons. The van der Waals surface area contributed by atoms with E-state index in [0.29, 0.717) is 26.9 Å². The van der Waals surface area contributed by atoms with Crippen molar-refractivity contribution in [3.63, 3.8) is 0 Å². The highest BCUT2D eigenvalue weighted by molar-refractivity contribution is 6.35. The molecule has 3 atom stereocenters. The molecule has 0 spiro atoms. The minimum absolute atomic E-state index is 0.236. The van der Waals surface area contributed by atoms with Gasteiger partial charge in [0.1, 0.15) is 37.7 Å². The van der Waals surface area contributed by atoms with Crippen LogP contribution in [0, 0.1) is 0 Å². The minimum Gasteiger partial charge on any atom is -0.491 e. The van der Waals surface area contributed by atoms with Crippen molar-refractivity contribution in [2.45, 2.75) is 44.6 Å². The molecule has 2 saturated heterocycles. The van der Waals surface area contributed by atoms with Gasteiger partial charge < -0.3 is 24.0 Å². The number of benzene rings is 3. The van der Waals surface area contributed by atoms with Crippen LogP contribution in [0.2, 0.25) is 10.0 Å². The van der Waals surface area contributed by atoms with Gasteiger partial charge in [0.15, 0.2) is 5.82 Å². The van der Waals surface area contributed by atoms with Gasteiger partial charge >= 0.3 is 5.69 Å². The molecule has 256 valence electrons. The van der Waals surface area contributed by atoms with Crippen LogP contribution in [0.4, 0.5) is 11.4 Å². The molecule has 0 aliphatic carbocycles. The van der Waals surface area contributed by atoms with E-state index < -0.39 is 30.7 Å². The number of nitrogens with zero attached hydrogens (tertiary/aromatic N) is 7. The van der Waals surface area contributed by atoms with Crippen LogP contribution < -0.4 is 20.2 Å². The molecular formula is C35H38Cl2N8O4. The molecule has 3 aromatic carbocycles. The molecule has 2 aliphatic rings. The third kappa shape index (κ3) is 7.18. The molecule has 3 unspecified atom stereocenters. The average molecular weight is 711 g/mol. The fourth-order valence-electron chi connectivity index (χ4n) is 6.07. The Hall–Kier alpha value is -4.36. The van der Waals surface area contributed by atoms with Crippen LogP contribution >= 0.6 is 23.2 Å². The van der Waals surface area contributed by atoms with Crippen molar-refractivity contribution in [1.29, 1.82) is 0 Å². The smallest absolute Gasteiger partial charge is 0.343 e. The molecule has 1 N–H and O–H groups in total. The number of aromatic nitrogens is 6. The largest absolute Gasteiger partial charge is 0.491 e. The Morgan fingerprint density at radius 2 is 1.78 bits per heavy atom. The first-order chi connectivity index (χ1) is 25.7. The van der Waals surface area contributed by atoms with Crippen LogP contribution in [-0.4, -0.2) is 75.0 Å². The highest BCUT2D eigenvalue weighted by Crippen LogP contribution is 2.40. The van der Waals surface area contributed by atoms with Crippen molar-refractivity contribution >= 4 is 34.6 Å². The Balaban J connectivity index is 0.921. The predicted octanol–water partition coefficient (Wildman–Crippen LogP) is 5.78. The lowest BCUT2D eigenvalue weighted by Crippen LogP contribution is -2.46. The van der Waals surface area contributed by atoms with Gasteiger partial charge in [-0.25, -0.2) is 19.1 Å². The van der Waals surface area contributed by atoms with Gasteiger partial charge in [0, 0.05) is 60.6 Å². The summed E-state index contributed by atoms with van der Waals surface area (Å²) in [5.41, 5.74) is 2.69. The van der Waals surface area contributed by atoms with Crippen LogP contribution in [0.5, 0.6) is 5.75 Å². The van der Waals surface area contributed by atoms with E-state index in [-0.39, 0.29) is 31.7 Å². The van der Waals surface area contributed by atoms with E-state index in [1.54, 1.807) is 29.2 Å². The maximum absolute atomic E-state index is 12.6. The molecule has 2 aromatic heterocycles. The zero-order valence-electron chi connectivity index (χ0n) is 31.6. The summed E-state index contributed by atoms with van der Waals surface area (Å²) in [5, 5.41) is 9.37. The number of anilines is 2. The number of ether oxygens (including phenoxy) is 3. The third-order valence-electron chi connectivity index (χ3n) is 8.68. The van der Waals surface area contributed by atoms with Crippen molar-refractivity contribution in [1.82, 2.24) is 29.5 Å². The summed E-state index contributed by atoms with van der Waals surface area (Å²) in [6.07, 6.45) is 0.0234. The summed E-state index contributed by atoms with van der Waals surface area (Å²) in [6, 6.07) is 19.4. The molecule has 0 saturated carbocycles. The average Bonchev–Trinajstić information content (AvgIpc) is 3.91. The molecule has 49 heavy (non-hydrogen) atoms. The van der Waals surface area contributed by atoms with Gasteiger partial charge in [-0.1, -0.05) is 36.1 Å². The van der Waals surface area contributed by atoms with Crippen LogP contribution in [0.25, 0.3) is 11.4 Å². The first-order valence-electron chi connectivity index (χ1n) is 18.3. The molecule has 0 bridgehead atoms. The molecule has 14 heteroatoms. The summed E-state index contributed by atoms with van der Waals surface area (Å²) in [7, 11) is 0. The summed E-state index contributed by atoms with van der Waals surface area (Å²) in [4.78, 5) is 23.8. The second kappa shape index (κ2) is 14.2. The molecule has 4 heterocycles. The van der Waals surface area contributed by atoms with E-state index in [4.69, 9.17) is 44.3 Å². The van der Waals surface area contributed by atoms with Crippen LogP contribution in [0.3, 0.4) is 0 Å². The second-order valence-electron chi connectivity index (χ2n) is 11.9. The van der Waals surface area contributed by atoms with Gasteiger partial charge in [0.2, 0.25) is 5.79 Å². The number of H-pyrrole nitrogens is 1. The highest BCUT2D eigenvalue weighted by Gasteiger charge is 2.45. The normalized spacial score (nSPS) is 22.2. The number of hydrogen-bond acceptors (Lipinski definition) is 9. The first-order valence-corrected chi connectivity index (χ1v) is 16.6. The molecule has 0 amide bonds. The number of piperazine rings is 1. The van der Waals surface area contributed by atoms with Crippen molar-refractivity contribution < 1.29 is 21.1 Å². The Morgan fingerprint density at radius 3 is 2.43 bits per heavy atom. The van der Waals surface area contributed by atoms with Gasteiger partial charge in [-0.05, 0) is 74.0 Å². The lowest BCUT2D eigenvalue weighted by atomic mass is 10.1. The van der Waals surface area contributed by atoms with Crippen molar-refractivity contribution in [2.75, 3.05) is 49.2 Å². The van der Waals surface area contributed by atoms with Gasteiger partial charge in [-0.2, -0.15) is 5.10 Å². The fraction of sp³-hybridized carbons (Fsp3) is 0.371. The van der Waals surface area contributed by atoms with E-state index in [2.05, 4.69) is 30.0 Å². The third-order valence-corrected chi connectivity index (χ3v) is 9.23. The number of rotatable bonds is 11. The van der Waals surface area contributed by atoms with E-state index in [9.17, 15) is 4.79 Å². The first kappa shape index (κ1) is 27.5. The lowest BCUT2D eigenvalue weighted by molar-refractivity contribution is -0.190. The van der Waals surface area contributed by atoms with E-state index >= 15 is 0 Å². The van der Waals surface area contributed by atoms with Gasteiger partial charge in [0.05, 0.1) is 17.7 Å². The van der Waals surface area contributed by atoms with E-state index in [1.165, 1.54) is 13.3 Å². The summed E-state index contributed by atoms with van der Waals surface area (Å²) in [5.74, 6) is -0.249. The summed E-state index contributed by atoms with van der Waals surface area (Å²) < 4.78 is 59.9. The van der Waals surface area contributed by atoms with Crippen LogP contribution in [0.15, 0.2) is 84.2 Å². The maximum Gasteiger partial charge on any atom is 0.343 e. The maximum atomic E-state index is 12.6. The van der Waals surface area contributed by atoms with Crippen molar-refractivity contribution in [3.8, 4) is 17.1 Å². The van der Waals surface area contributed by atoms with Crippen molar-refractivity contribution in [2.24, 2.45) is 0 Å². The zero-order chi connectivity index (χ0) is 38.3. The number of halogens is 2. The van der Waals surface area contributed by atoms with Crippen LogP contribution in [0.1, 0.15) is 38.6 Å². The number of aromatic amines is 1. The Bertz CT molecular complexity index is 2110. The van der Waals surface area contributed by atoms with E-state index in [1.807, 2.05) is 48.5 Å². The molecular weight excluding hydrogens is 667 g/mol. The molecule has 2 fully saturated rings. The quantitative estimate of drug-likeness (QED) is 0.182. The molecule has 2 aliphatic heterocycles. The summed E-state index contributed by atoms with van der Waals surface area (Å²) in [6.45, 7) is 2.40. The Morgan fingerprint density at radius 1 is 1.06 bits per heavy atom. The fourth-order valence-corrected chi connectivity index (χ4v) is 6.62. The van der Waals surface area contributed by atoms with E-state index in [0.717, 1.165) is 42.2 Å². The van der Waals surface area contributed by atoms with Crippen molar-refractivity contribution in [3.05, 3.63) is 105 Å². The molecule has 12 nitrogen and oxygen atoms in total. The SMILES string of the molecule is [2H]C([2H])([2H])C([2H])([2H])C(C)n1nc(-c2ccc(N3CCN(c4ccc(OCC5COC(Cn6cncn6)(c6ccc(Cl)cc6Cl)O5)cc4)CC3)cc2)[nH]c1=O. The van der Waals surface area contributed by atoms with Gasteiger partial charge in [-0.15, -0.1) is 5.10 Å². The lowest BCUT2D eigenvalue weighted by Gasteiger charge is -2.37. The zero-order valence-corrected chi connectivity index (χ0v) is 28.1. The Labute approximate surface area is 301 Å². The second-order valence-corrected chi connectivity index (χ2v) is 12.7. The highest BCUT2D eigenvalue weighted by atomic mass is 35.5.